The van der Waals surface area contributed by atoms with Gasteiger partial charge < -0.3 is 54.5 Å². The van der Waals surface area contributed by atoms with Crippen LogP contribution in [0.25, 0.3) is 6.08 Å². The van der Waals surface area contributed by atoms with Gasteiger partial charge in [0.25, 0.3) is 0 Å². The van der Waals surface area contributed by atoms with E-state index in [9.17, 15) is 34.7 Å². The highest BCUT2D eigenvalue weighted by atomic mass is 35.5. The van der Waals surface area contributed by atoms with E-state index in [-0.39, 0.29) is 41.1 Å². The Morgan fingerprint density at radius 2 is 1.61 bits per heavy atom. The Morgan fingerprint density at radius 3 is 2.30 bits per heavy atom. The monoisotopic (exact) mass is 669 g/mol. The molecule has 1 amide bonds. The molecule has 1 aliphatic carbocycles. The molecule has 2 aromatic rings. The van der Waals surface area contributed by atoms with Crippen LogP contribution in [0.3, 0.4) is 0 Å². The third-order valence-electron chi connectivity index (χ3n) is 8.05. The van der Waals surface area contributed by atoms with E-state index in [0.717, 1.165) is 12.1 Å². The van der Waals surface area contributed by atoms with Crippen LogP contribution in [-0.2, 0) is 19.0 Å². The minimum atomic E-state index is -1.53. The number of hydrogen-bond acceptors (Lipinski definition) is 11. The number of carbonyl (C=O) groups is 1. The molecule has 2 saturated heterocycles. The number of rotatable bonds is 9. The van der Waals surface area contributed by atoms with Crippen molar-refractivity contribution in [1.29, 1.82) is 0 Å². The van der Waals surface area contributed by atoms with Gasteiger partial charge in [-0.2, -0.15) is 0 Å². The predicted molar refractivity (Wildman–Crippen MR) is 157 cm³/mol. The highest BCUT2D eigenvalue weighted by Crippen LogP contribution is 2.32. The second-order valence-electron chi connectivity index (χ2n) is 11.2. The van der Waals surface area contributed by atoms with E-state index in [4.69, 9.17) is 35.3 Å². The standard InChI is InChI=1S/C31H34ClF2NO11/c1-13(7-8-42-19-6-4-16(32)11-18(19)34)27-25(39)26(40)31(46-27)45-20-5-3-15(10-17(20)33)9-14(2)30(41)35-21-22(36)24(38)29-28(23(21)37)43-12-44-29/h3-7,9-11,21-29,31,36-40H,8,12H2,1-2H3,(H,35,41)/t21-,22+,23-,24-,25+,26+,27-,28+,29-,31-/m1/s1. The third kappa shape index (κ3) is 7.20. The van der Waals surface area contributed by atoms with Gasteiger partial charge in [-0.15, -0.1) is 0 Å². The second-order valence-corrected chi connectivity index (χ2v) is 11.7. The Morgan fingerprint density at radius 1 is 0.935 bits per heavy atom. The summed E-state index contributed by atoms with van der Waals surface area (Å²) < 4.78 is 56.0. The van der Waals surface area contributed by atoms with Gasteiger partial charge in [0, 0.05) is 10.6 Å². The molecule has 2 aromatic carbocycles. The fourth-order valence-corrected chi connectivity index (χ4v) is 5.61. The topological polar surface area (TPSA) is 176 Å². The minimum absolute atomic E-state index is 0.0264. The molecule has 0 bridgehead atoms. The van der Waals surface area contributed by atoms with Gasteiger partial charge in [-0.1, -0.05) is 17.7 Å². The van der Waals surface area contributed by atoms with Crippen LogP contribution in [0.1, 0.15) is 19.4 Å². The van der Waals surface area contributed by atoms with Crippen molar-refractivity contribution in [2.75, 3.05) is 13.4 Å². The molecule has 3 aliphatic rings. The third-order valence-corrected chi connectivity index (χ3v) is 8.28. The van der Waals surface area contributed by atoms with Gasteiger partial charge >= 0.3 is 0 Å². The van der Waals surface area contributed by atoms with Gasteiger partial charge in [-0.05, 0) is 67.5 Å². The normalized spacial score (nSPS) is 33.1. The number of carbonyl (C=O) groups excluding carboxylic acids is 1. The van der Waals surface area contributed by atoms with Crippen LogP contribution in [0.2, 0.25) is 5.02 Å². The van der Waals surface area contributed by atoms with E-state index in [0.29, 0.717) is 5.57 Å². The molecular weight excluding hydrogens is 636 g/mol. The Bertz CT molecular complexity index is 1490. The van der Waals surface area contributed by atoms with Gasteiger partial charge in [0.2, 0.25) is 12.2 Å². The number of nitrogens with one attached hydrogen (secondary N) is 1. The van der Waals surface area contributed by atoms with Crippen molar-refractivity contribution in [2.24, 2.45) is 0 Å². The van der Waals surface area contributed by atoms with Crippen LogP contribution >= 0.6 is 11.6 Å². The van der Waals surface area contributed by atoms with Crippen LogP contribution in [-0.4, -0.2) is 106 Å². The summed E-state index contributed by atoms with van der Waals surface area (Å²) in [7, 11) is 0. The maximum Gasteiger partial charge on any atom is 0.247 e. The van der Waals surface area contributed by atoms with Gasteiger partial charge in [0.15, 0.2) is 23.1 Å². The van der Waals surface area contributed by atoms with Gasteiger partial charge in [0.05, 0.1) is 6.04 Å². The highest BCUT2D eigenvalue weighted by molar-refractivity contribution is 6.30. The van der Waals surface area contributed by atoms with Gasteiger partial charge in [-0.3, -0.25) is 4.79 Å². The number of fused-ring (bicyclic) bond motifs is 1. The largest absolute Gasteiger partial charge is 0.486 e. The van der Waals surface area contributed by atoms with Crippen molar-refractivity contribution in [1.82, 2.24) is 5.32 Å². The van der Waals surface area contributed by atoms with Crippen molar-refractivity contribution >= 4 is 23.6 Å². The Labute approximate surface area is 267 Å². The number of aliphatic hydroxyl groups excluding tert-OH is 5. The van der Waals surface area contributed by atoms with Gasteiger partial charge in [0.1, 0.15) is 62.2 Å². The van der Waals surface area contributed by atoms with Gasteiger partial charge in [-0.25, -0.2) is 8.78 Å². The zero-order valence-electron chi connectivity index (χ0n) is 24.6. The molecule has 0 spiro atoms. The molecule has 6 N–H and O–H groups in total. The summed E-state index contributed by atoms with van der Waals surface area (Å²) in [4.78, 5) is 12.8. The van der Waals surface area contributed by atoms with Crippen molar-refractivity contribution in [3.05, 3.63) is 75.8 Å². The lowest BCUT2D eigenvalue weighted by molar-refractivity contribution is -0.155. The first-order valence-electron chi connectivity index (χ1n) is 14.3. The Kier molecular flexibility index (Phi) is 10.6. The molecule has 0 aromatic heterocycles. The first kappa shape index (κ1) is 34.2. The summed E-state index contributed by atoms with van der Waals surface area (Å²) in [6, 6.07) is 6.45. The molecule has 2 heterocycles. The van der Waals surface area contributed by atoms with E-state index in [2.05, 4.69) is 5.32 Å². The molecule has 3 fully saturated rings. The first-order chi connectivity index (χ1) is 21.8. The second kappa shape index (κ2) is 14.3. The van der Waals surface area contributed by atoms with Crippen LogP contribution < -0.4 is 14.8 Å². The first-order valence-corrected chi connectivity index (χ1v) is 14.7. The fourth-order valence-electron chi connectivity index (χ4n) is 5.46. The lowest BCUT2D eigenvalue weighted by atomic mass is 9.83. The lowest BCUT2D eigenvalue weighted by Gasteiger charge is -2.41. The maximum absolute atomic E-state index is 15.0. The molecule has 250 valence electrons. The Hall–Kier alpha value is -3.18. The summed E-state index contributed by atoms with van der Waals surface area (Å²) in [5.41, 5.74) is 0.809. The van der Waals surface area contributed by atoms with Crippen molar-refractivity contribution in [3.8, 4) is 11.5 Å². The van der Waals surface area contributed by atoms with E-state index in [1.807, 2.05) is 0 Å². The zero-order valence-corrected chi connectivity index (χ0v) is 25.4. The highest BCUT2D eigenvalue weighted by Gasteiger charge is 2.53. The zero-order chi connectivity index (χ0) is 33.3. The number of aliphatic hydroxyl groups is 5. The smallest absolute Gasteiger partial charge is 0.247 e. The molecule has 15 heteroatoms. The van der Waals surface area contributed by atoms with E-state index >= 15 is 4.39 Å². The van der Waals surface area contributed by atoms with Crippen LogP contribution in [0, 0.1) is 11.6 Å². The van der Waals surface area contributed by atoms with Crippen molar-refractivity contribution in [3.63, 3.8) is 0 Å². The van der Waals surface area contributed by atoms with E-state index in [1.165, 1.54) is 43.3 Å². The quantitative estimate of drug-likeness (QED) is 0.167. The fraction of sp³-hybridized carbons (Fsp3) is 0.452. The van der Waals surface area contributed by atoms with Crippen molar-refractivity contribution < 1.29 is 62.8 Å². The molecular formula is C31H34ClF2NO11. The van der Waals surface area contributed by atoms with Crippen LogP contribution in [0.5, 0.6) is 11.5 Å². The maximum atomic E-state index is 15.0. The predicted octanol–water partition coefficient (Wildman–Crippen LogP) is 1.19. The number of amides is 1. The SMILES string of the molecule is CC(=Cc1ccc(O[C@@H]2O[C@H](C(C)=CCOc3ccc(Cl)cc3F)[C@@H](O)[C@@H]2O)c(F)c1)C(=O)N[C@@H]1[C@H](O)[C@@H](O)[C@H]2OCO[C@H]2[C@@H]1O. The van der Waals surface area contributed by atoms with E-state index in [1.54, 1.807) is 6.92 Å². The molecule has 0 unspecified atom stereocenters. The molecule has 1 saturated carbocycles. The molecule has 0 radical (unpaired) electrons. The Balaban J connectivity index is 1.18. The minimum Gasteiger partial charge on any atom is -0.486 e. The molecule has 10 atom stereocenters. The number of benzene rings is 2. The average Bonchev–Trinajstić information content (AvgIpc) is 3.62. The van der Waals surface area contributed by atoms with Crippen LogP contribution in [0.15, 0.2) is 53.6 Å². The molecule has 5 rings (SSSR count). The summed E-state index contributed by atoms with van der Waals surface area (Å²) in [6.45, 7) is 2.80. The molecule has 2 aliphatic heterocycles. The number of halogens is 3. The average molecular weight is 670 g/mol. The summed E-state index contributed by atoms with van der Waals surface area (Å²) >= 11 is 5.74. The molecule has 12 nitrogen and oxygen atoms in total. The number of ether oxygens (including phenoxy) is 5. The molecule has 46 heavy (non-hydrogen) atoms. The van der Waals surface area contributed by atoms with Crippen molar-refractivity contribution in [2.45, 2.75) is 75.0 Å². The summed E-state index contributed by atoms with van der Waals surface area (Å²) in [6.07, 6.45) is -8.67. The lowest BCUT2D eigenvalue weighted by Crippen LogP contribution is -2.67. The number of hydrogen-bond donors (Lipinski definition) is 6. The van der Waals surface area contributed by atoms with E-state index < -0.39 is 78.7 Å². The van der Waals surface area contributed by atoms with Crippen LogP contribution in [0.4, 0.5) is 8.78 Å². The summed E-state index contributed by atoms with van der Waals surface area (Å²) in [5.74, 6) is -2.51. The summed E-state index contributed by atoms with van der Waals surface area (Å²) in [5, 5.41) is 55.0.